The van der Waals surface area contributed by atoms with E-state index in [-0.39, 0.29) is 4.90 Å². The average molecular weight is 507 g/mol. The summed E-state index contributed by atoms with van der Waals surface area (Å²) in [7, 11) is -3.60. The van der Waals surface area contributed by atoms with Gasteiger partial charge in [0.1, 0.15) is 6.10 Å². The van der Waals surface area contributed by atoms with Gasteiger partial charge < -0.3 is 4.74 Å². The molecular weight excluding hydrogens is 482 g/mol. The maximum absolute atomic E-state index is 13.8. The average Bonchev–Trinajstić information content (AvgIpc) is 2.84. The third-order valence-electron chi connectivity index (χ3n) is 5.81. The number of piperazine rings is 1. The van der Waals surface area contributed by atoms with Gasteiger partial charge in [-0.1, -0.05) is 54.1 Å². The van der Waals surface area contributed by atoms with E-state index in [2.05, 4.69) is 4.90 Å². The van der Waals surface area contributed by atoms with Crippen molar-refractivity contribution in [3.63, 3.8) is 0 Å². The van der Waals surface area contributed by atoms with E-state index < -0.39 is 27.8 Å². The number of benzene rings is 3. The van der Waals surface area contributed by atoms with E-state index in [1.807, 2.05) is 30.3 Å². The Balaban J connectivity index is 1.35. The lowest BCUT2D eigenvalue weighted by Gasteiger charge is -2.34. The van der Waals surface area contributed by atoms with Crippen LogP contribution in [0.5, 0.6) is 0 Å². The summed E-state index contributed by atoms with van der Waals surface area (Å²) in [4.78, 5) is 2.31. The molecule has 1 aliphatic heterocycles. The van der Waals surface area contributed by atoms with Crippen molar-refractivity contribution in [3.05, 3.63) is 101 Å². The Morgan fingerprint density at radius 2 is 1.59 bits per heavy atom. The van der Waals surface area contributed by atoms with Gasteiger partial charge in [-0.15, -0.1) is 0 Å². The summed E-state index contributed by atoms with van der Waals surface area (Å²) >= 11 is 5.96. The van der Waals surface area contributed by atoms with Gasteiger partial charge in [0, 0.05) is 37.7 Å². The first kappa shape index (κ1) is 24.8. The highest BCUT2D eigenvalue weighted by atomic mass is 35.5. The molecule has 3 aromatic carbocycles. The summed E-state index contributed by atoms with van der Waals surface area (Å²) < 4.78 is 60.6. The van der Waals surface area contributed by atoms with Crippen molar-refractivity contribution < 1.29 is 21.9 Å². The molecule has 1 saturated heterocycles. The Morgan fingerprint density at radius 3 is 2.26 bits per heavy atom. The minimum atomic E-state index is -3.60. The zero-order valence-electron chi connectivity index (χ0n) is 18.4. The van der Waals surface area contributed by atoms with Gasteiger partial charge in [-0.3, -0.25) is 4.90 Å². The van der Waals surface area contributed by atoms with Crippen LogP contribution >= 0.6 is 11.6 Å². The van der Waals surface area contributed by atoms with Crippen LogP contribution in [0.2, 0.25) is 5.02 Å². The van der Waals surface area contributed by atoms with Crippen LogP contribution in [-0.2, 0) is 14.8 Å². The van der Waals surface area contributed by atoms with Gasteiger partial charge in [0.2, 0.25) is 10.0 Å². The monoisotopic (exact) mass is 506 g/mol. The van der Waals surface area contributed by atoms with E-state index in [1.165, 1.54) is 16.4 Å². The van der Waals surface area contributed by atoms with Crippen LogP contribution in [0.25, 0.3) is 0 Å². The van der Waals surface area contributed by atoms with Gasteiger partial charge in [0.25, 0.3) is 0 Å². The number of ether oxygens (including phenoxy) is 1. The maximum Gasteiger partial charge on any atom is 0.243 e. The van der Waals surface area contributed by atoms with E-state index in [4.69, 9.17) is 16.3 Å². The second-order valence-corrected chi connectivity index (χ2v) is 10.4. The lowest BCUT2D eigenvalue weighted by molar-refractivity contribution is 0.0525. The van der Waals surface area contributed by atoms with Crippen LogP contribution in [0.1, 0.15) is 17.2 Å². The maximum atomic E-state index is 13.8. The molecule has 4 rings (SSSR count). The van der Waals surface area contributed by atoms with Crippen molar-refractivity contribution in [2.24, 2.45) is 0 Å². The number of hydrogen-bond donors (Lipinski definition) is 0. The van der Waals surface area contributed by atoms with Crippen LogP contribution in [0, 0.1) is 11.6 Å². The minimum absolute atomic E-state index is 0.189. The molecule has 5 nitrogen and oxygen atoms in total. The van der Waals surface area contributed by atoms with Crippen LogP contribution in [0.3, 0.4) is 0 Å². The summed E-state index contributed by atoms with van der Waals surface area (Å²) in [6.45, 7) is 2.77. The van der Waals surface area contributed by atoms with E-state index in [9.17, 15) is 17.2 Å². The molecule has 0 spiro atoms. The highest BCUT2D eigenvalue weighted by molar-refractivity contribution is 7.89. The molecule has 0 amide bonds. The van der Waals surface area contributed by atoms with Gasteiger partial charge >= 0.3 is 0 Å². The molecule has 0 radical (unpaired) electrons. The van der Waals surface area contributed by atoms with Crippen molar-refractivity contribution >= 4 is 21.6 Å². The lowest BCUT2D eigenvalue weighted by Crippen LogP contribution is -2.49. The lowest BCUT2D eigenvalue weighted by atomic mass is 10.0. The van der Waals surface area contributed by atoms with E-state index in [0.717, 1.165) is 17.7 Å². The molecule has 9 heteroatoms. The summed E-state index contributed by atoms with van der Waals surface area (Å²) in [5.41, 5.74) is 1.37. The zero-order valence-corrected chi connectivity index (χ0v) is 20.0. The normalized spacial score (nSPS) is 16.4. The fourth-order valence-corrected chi connectivity index (χ4v) is 5.68. The number of halogens is 3. The molecule has 0 bridgehead atoms. The predicted octanol–water partition coefficient (Wildman–Crippen LogP) is 4.73. The summed E-state index contributed by atoms with van der Waals surface area (Å²) in [6.07, 6.45) is -0.541. The molecule has 34 heavy (non-hydrogen) atoms. The van der Waals surface area contributed by atoms with Crippen molar-refractivity contribution in [2.75, 3.05) is 39.3 Å². The first-order chi connectivity index (χ1) is 16.3. The van der Waals surface area contributed by atoms with Crippen LogP contribution in [-0.4, -0.2) is 57.0 Å². The molecule has 1 fully saturated rings. The van der Waals surface area contributed by atoms with Gasteiger partial charge in [-0.2, -0.15) is 4.31 Å². The largest absolute Gasteiger partial charge is 0.367 e. The standard InChI is InChI=1S/C25H25ClF2N2O3S/c26-21-7-4-8-22(18-21)34(31,32)30-13-11-29(12-14-30)15-16-33-25(19-5-2-1-3-6-19)20-9-10-23(27)24(28)17-20/h1-10,17-18,25H,11-16H2/t25-/m0/s1. The molecule has 180 valence electrons. The minimum Gasteiger partial charge on any atom is -0.367 e. The Labute approximate surface area is 203 Å². The smallest absolute Gasteiger partial charge is 0.243 e. The van der Waals surface area contributed by atoms with Gasteiger partial charge in [-0.25, -0.2) is 17.2 Å². The van der Waals surface area contributed by atoms with Gasteiger partial charge in [-0.05, 0) is 41.5 Å². The first-order valence-electron chi connectivity index (χ1n) is 10.9. The molecule has 1 heterocycles. The molecule has 0 aliphatic carbocycles. The molecule has 0 saturated carbocycles. The Hall–Kier alpha value is -2.36. The Bertz CT molecular complexity index is 1220. The molecule has 1 atom stereocenters. The number of hydrogen-bond acceptors (Lipinski definition) is 4. The summed E-state index contributed by atoms with van der Waals surface area (Å²) in [6, 6.07) is 19.4. The third-order valence-corrected chi connectivity index (χ3v) is 7.94. The number of rotatable bonds is 8. The first-order valence-corrected chi connectivity index (χ1v) is 12.8. The van der Waals surface area contributed by atoms with E-state index in [1.54, 1.807) is 18.2 Å². The van der Waals surface area contributed by atoms with Crippen LogP contribution in [0.15, 0.2) is 77.7 Å². The van der Waals surface area contributed by atoms with Crippen molar-refractivity contribution in [1.29, 1.82) is 0 Å². The molecule has 0 aromatic heterocycles. The topological polar surface area (TPSA) is 49.9 Å². The Morgan fingerprint density at radius 1 is 0.853 bits per heavy atom. The zero-order chi connectivity index (χ0) is 24.1. The highest BCUT2D eigenvalue weighted by Gasteiger charge is 2.28. The van der Waals surface area contributed by atoms with Gasteiger partial charge in [0.15, 0.2) is 11.6 Å². The number of sulfonamides is 1. The summed E-state index contributed by atoms with van der Waals surface area (Å²) in [5.74, 6) is -1.82. The molecule has 0 unspecified atom stereocenters. The van der Waals surface area contributed by atoms with Gasteiger partial charge in [0.05, 0.1) is 11.5 Å². The fraction of sp³-hybridized carbons (Fsp3) is 0.280. The van der Waals surface area contributed by atoms with E-state index in [0.29, 0.717) is 49.9 Å². The van der Waals surface area contributed by atoms with Crippen molar-refractivity contribution in [3.8, 4) is 0 Å². The SMILES string of the molecule is O=S(=O)(c1cccc(Cl)c1)N1CCN(CCO[C@@H](c2ccccc2)c2ccc(F)c(F)c2)CC1. The van der Waals surface area contributed by atoms with Crippen molar-refractivity contribution in [1.82, 2.24) is 9.21 Å². The molecular formula is C25H25ClF2N2O3S. The highest BCUT2D eigenvalue weighted by Crippen LogP contribution is 2.27. The fourth-order valence-electron chi connectivity index (χ4n) is 3.96. The predicted molar refractivity (Wildman–Crippen MR) is 127 cm³/mol. The summed E-state index contributed by atoms with van der Waals surface area (Å²) in [5, 5.41) is 0.380. The molecule has 1 aliphatic rings. The second kappa shape index (κ2) is 10.9. The second-order valence-electron chi connectivity index (χ2n) is 8.04. The third kappa shape index (κ3) is 5.82. The quantitative estimate of drug-likeness (QED) is 0.443. The Kier molecular flexibility index (Phi) is 7.95. The van der Waals surface area contributed by atoms with Crippen LogP contribution < -0.4 is 0 Å². The number of nitrogens with zero attached hydrogens (tertiary/aromatic N) is 2. The molecule has 0 N–H and O–H groups in total. The van der Waals surface area contributed by atoms with E-state index >= 15 is 0 Å². The van der Waals surface area contributed by atoms with Crippen LogP contribution in [0.4, 0.5) is 8.78 Å². The molecule has 3 aromatic rings. The van der Waals surface area contributed by atoms with Crippen molar-refractivity contribution in [2.45, 2.75) is 11.0 Å².